The minimum atomic E-state index is -0.569. The Balaban J connectivity index is 1.49. The van der Waals surface area contributed by atoms with Gasteiger partial charge in [0.05, 0.1) is 0 Å². The number of benzene rings is 1. The van der Waals surface area contributed by atoms with E-state index in [9.17, 15) is 9.90 Å². The molecule has 0 aliphatic heterocycles. The number of ether oxygens (including phenoxy) is 1. The van der Waals surface area contributed by atoms with Crippen LogP contribution in [0.2, 0.25) is 0 Å². The van der Waals surface area contributed by atoms with Gasteiger partial charge in [-0.2, -0.15) is 0 Å². The summed E-state index contributed by atoms with van der Waals surface area (Å²) in [6.07, 6.45) is 3.21. The molecule has 0 radical (unpaired) electrons. The third-order valence-electron chi connectivity index (χ3n) is 4.58. The number of aliphatic hydroxyl groups is 1. The van der Waals surface area contributed by atoms with Crippen LogP contribution in [0.3, 0.4) is 0 Å². The molecular weight excluding hydrogens is 346 g/mol. The van der Waals surface area contributed by atoms with Crippen LogP contribution in [-0.2, 0) is 6.42 Å². The molecule has 1 unspecified atom stereocenters. The van der Waals surface area contributed by atoms with Crippen molar-refractivity contribution in [3.8, 4) is 5.75 Å². The van der Waals surface area contributed by atoms with Crippen LogP contribution in [0.15, 0.2) is 35.7 Å². The molecule has 1 fully saturated rings. The van der Waals surface area contributed by atoms with Crippen LogP contribution in [0.1, 0.15) is 40.1 Å². The maximum Gasteiger partial charge on any atom is 0.176 e. The van der Waals surface area contributed by atoms with E-state index in [1.54, 1.807) is 0 Å². The average Bonchev–Trinajstić information content (AvgIpc) is 3.40. The van der Waals surface area contributed by atoms with Crippen molar-refractivity contribution >= 4 is 17.1 Å². The van der Waals surface area contributed by atoms with Gasteiger partial charge in [-0.15, -0.1) is 11.3 Å². The van der Waals surface area contributed by atoms with Crippen molar-refractivity contribution in [2.45, 2.75) is 38.7 Å². The molecule has 1 aromatic heterocycles. The summed E-state index contributed by atoms with van der Waals surface area (Å²) in [5.74, 6) is 1.52. The Bertz CT molecular complexity index is 709. The SMILES string of the molecule is Cc1csc(C(=O)CCc2ccccc2)c1OCC(O)CNCC1CC1. The lowest BCUT2D eigenvalue weighted by atomic mass is 10.1. The molecule has 1 saturated carbocycles. The average molecular weight is 374 g/mol. The normalized spacial score (nSPS) is 15.0. The maximum atomic E-state index is 12.6. The Morgan fingerprint density at radius 2 is 2.12 bits per heavy atom. The van der Waals surface area contributed by atoms with E-state index in [2.05, 4.69) is 5.32 Å². The molecule has 4 nitrogen and oxygen atoms in total. The molecule has 1 atom stereocenters. The van der Waals surface area contributed by atoms with Crippen LogP contribution in [0.25, 0.3) is 0 Å². The van der Waals surface area contributed by atoms with Crippen LogP contribution < -0.4 is 10.1 Å². The summed E-state index contributed by atoms with van der Waals surface area (Å²) < 4.78 is 5.82. The van der Waals surface area contributed by atoms with Gasteiger partial charge < -0.3 is 15.2 Å². The molecule has 0 bridgehead atoms. The van der Waals surface area contributed by atoms with E-state index in [0.29, 0.717) is 23.6 Å². The fourth-order valence-corrected chi connectivity index (χ4v) is 3.80. The summed E-state index contributed by atoms with van der Waals surface area (Å²) in [7, 11) is 0. The summed E-state index contributed by atoms with van der Waals surface area (Å²) in [5.41, 5.74) is 2.12. The van der Waals surface area contributed by atoms with E-state index in [-0.39, 0.29) is 12.4 Å². The number of hydrogen-bond donors (Lipinski definition) is 2. The van der Waals surface area contributed by atoms with Crippen LogP contribution in [0.5, 0.6) is 5.75 Å². The van der Waals surface area contributed by atoms with Gasteiger partial charge in [-0.1, -0.05) is 30.3 Å². The fourth-order valence-electron chi connectivity index (χ4n) is 2.84. The molecule has 140 valence electrons. The van der Waals surface area contributed by atoms with Crippen molar-refractivity contribution in [3.63, 3.8) is 0 Å². The molecule has 1 heterocycles. The Labute approximate surface area is 159 Å². The monoisotopic (exact) mass is 373 g/mol. The summed E-state index contributed by atoms with van der Waals surface area (Å²) >= 11 is 1.43. The van der Waals surface area contributed by atoms with E-state index in [1.165, 1.54) is 24.2 Å². The molecule has 3 rings (SSSR count). The minimum absolute atomic E-state index is 0.100. The van der Waals surface area contributed by atoms with E-state index in [0.717, 1.165) is 30.0 Å². The molecule has 1 aliphatic carbocycles. The number of aryl methyl sites for hydroxylation is 2. The third kappa shape index (κ3) is 5.66. The molecule has 2 N–H and O–H groups in total. The number of hydrogen-bond acceptors (Lipinski definition) is 5. The number of Topliss-reactive ketones (excluding diaryl/α,β-unsaturated/α-hetero) is 1. The number of ketones is 1. The topological polar surface area (TPSA) is 58.6 Å². The minimum Gasteiger partial charge on any atom is -0.489 e. The van der Waals surface area contributed by atoms with Crippen molar-refractivity contribution < 1.29 is 14.6 Å². The smallest absolute Gasteiger partial charge is 0.176 e. The highest BCUT2D eigenvalue weighted by Crippen LogP contribution is 2.32. The van der Waals surface area contributed by atoms with Crippen molar-refractivity contribution in [2.75, 3.05) is 19.7 Å². The van der Waals surface area contributed by atoms with Crippen LogP contribution >= 0.6 is 11.3 Å². The van der Waals surface area contributed by atoms with Gasteiger partial charge in [-0.05, 0) is 49.6 Å². The van der Waals surface area contributed by atoms with Gasteiger partial charge in [-0.3, -0.25) is 4.79 Å². The van der Waals surface area contributed by atoms with E-state index in [4.69, 9.17) is 4.74 Å². The Morgan fingerprint density at radius 3 is 2.85 bits per heavy atom. The molecule has 0 amide bonds. The largest absolute Gasteiger partial charge is 0.489 e. The molecule has 0 saturated heterocycles. The first kappa shape index (κ1) is 19.1. The second kappa shape index (κ2) is 9.31. The Kier molecular flexibility index (Phi) is 6.83. The van der Waals surface area contributed by atoms with Gasteiger partial charge >= 0.3 is 0 Å². The molecule has 0 spiro atoms. The predicted octanol–water partition coefficient (Wildman–Crippen LogP) is 3.61. The summed E-state index contributed by atoms with van der Waals surface area (Å²) in [4.78, 5) is 13.3. The number of carbonyl (C=O) groups excluding carboxylic acids is 1. The Morgan fingerprint density at radius 1 is 1.35 bits per heavy atom. The fraction of sp³-hybridized carbons (Fsp3) is 0.476. The second-order valence-electron chi connectivity index (χ2n) is 7.05. The molecule has 1 aliphatic rings. The zero-order valence-electron chi connectivity index (χ0n) is 15.2. The van der Waals surface area contributed by atoms with Gasteiger partial charge in [0, 0.05) is 18.5 Å². The third-order valence-corrected chi connectivity index (χ3v) is 5.70. The van der Waals surface area contributed by atoms with Crippen LogP contribution in [0, 0.1) is 12.8 Å². The van der Waals surface area contributed by atoms with Crippen molar-refractivity contribution in [3.05, 3.63) is 51.7 Å². The number of carbonyl (C=O) groups is 1. The van der Waals surface area contributed by atoms with E-state index >= 15 is 0 Å². The first-order valence-electron chi connectivity index (χ1n) is 9.30. The molecule has 1 aromatic carbocycles. The lowest BCUT2D eigenvalue weighted by molar-refractivity contribution is 0.0955. The van der Waals surface area contributed by atoms with Crippen molar-refractivity contribution in [1.82, 2.24) is 5.32 Å². The van der Waals surface area contributed by atoms with E-state index < -0.39 is 6.10 Å². The molecular formula is C21H27NO3S. The lowest BCUT2D eigenvalue weighted by Gasteiger charge is -2.14. The predicted molar refractivity (Wildman–Crippen MR) is 105 cm³/mol. The maximum absolute atomic E-state index is 12.6. The van der Waals surface area contributed by atoms with Gasteiger partial charge in [0.2, 0.25) is 0 Å². The zero-order valence-corrected chi connectivity index (χ0v) is 16.1. The molecule has 5 heteroatoms. The van der Waals surface area contributed by atoms with Crippen LogP contribution in [-0.4, -0.2) is 36.7 Å². The number of nitrogens with one attached hydrogen (secondary N) is 1. The number of aliphatic hydroxyl groups excluding tert-OH is 1. The highest BCUT2D eigenvalue weighted by atomic mass is 32.1. The van der Waals surface area contributed by atoms with E-state index in [1.807, 2.05) is 42.6 Å². The second-order valence-corrected chi connectivity index (χ2v) is 7.93. The van der Waals surface area contributed by atoms with Gasteiger partial charge in [0.25, 0.3) is 0 Å². The summed E-state index contributed by atoms with van der Waals surface area (Å²) in [5, 5.41) is 15.3. The highest BCUT2D eigenvalue weighted by Gasteiger charge is 2.21. The number of thiophene rings is 1. The van der Waals surface area contributed by atoms with Crippen molar-refractivity contribution in [1.29, 1.82) is 0 Å². The summed E-state index contributed by atoms with van der Waals surface area (Å²) in [6, 6.07) is 10.0. The zero-order chi connectivity index (χ0) is 18.4. The first-order chi connectivity index (χ1) is 12.6. The number of rotatable bonds is 11. The molecule has 2 aromatic rings. The van der Waals surface area contributed by atoms with Crippen molar-refractivity contribution in [2.24, 2.45) is 5.92 Å². The molecule has 26 heavy (non-hydrogen) atoms. The lowest BCUT2D eigenvalue weighted by Crippen LogP contribution is -2.32. The highest BCUT2D eigenvalue weighted by molar-refractivity contribution is 7.12. The standard InChI is InChI=1S/C21H27NO3S/c1-15-14-26-21(19(24)10-9-16-5-3-2-4-6-16)20(15)25-13-18(23)12-22-11-17-7-8-17/h2-6,14,17-18,22-23H,7-13H2,1H3. The van der Waals surface area contributed by atoms with Gasteiger partial charge in [-0.25, -0.2) is 0 Å². The quantitative estimate of drug-likeness (QED) is 0.591. The first-order valence-corrected chi connectivity index (χ1v) is 10.2. The van der Waals surface area contributed by atoms with Crippen LogP contribution in [0.4, 0.5) is 0 Å². The van der Waals surface area contributed by atoms with Gasteiger partial charge in [0.1, 0.15) is 23.3 Å². The van der Waals surface area contributed by atoms with Gasteiger partial charge in [0.15, 0.2) is 5.78 Å². The Hall–Kier alpha value is -1.69. The summed E-state index contributed by atoms with van der Waals surface area (Å²) in [6.45, 7) is 3.64.